The van der Waals surface area contributed by atoms with Crippen molar-refractivity contribution in [1.82, 2.24) is 9.88 Å². The summed E-state index contributed by atoms with van der Waals surface area (Å²) < 4.78 is 10.9. The van der Waals surface area contributed by atoms with Crippen molar-refractivity contribution < 1.29 is 19.1 Å². The van der Waals surface area contributed by atoms with Crippen LogP contribution in [0.1, 0.15) is 59.9 Å². The van der Waals surface area contributed by atoms with Crippen molar-refractivity contribution in [2.24, 2.45) is 0 Å². The first-order valence-corrected chi connectivity index (χ1v) is 12.6. The number of benzene rings is 2. The van der Waals surface area contributed by atoms with Gasteiger partial charge in [0.1, 0.15) is 0 Å². The average Bonchev–Trinajstić information content (AvgIpc) is 3.27. The van der Waals surface area contributed by atoms with Crippen LogP contribution in [0.15, 0.2) is 48.5 Å². The van der Waals surface area contributed by atoms with Crippen LogP contribution in [0.2, 0.25) is 0 Å². The number of hydrogen-bond donors (Lipinski definition) is 0. The number of aromatic nitrogens is 1. The van der Waals surface area contributed by atoms with E-state index >= 15 is 0 Å². The molecule has 5 rings (SSSR count). The number of fused-ring (bicyclic) bond motifs is 2. The normalized spacial score (nSPS) is 16.9. The van der Waals surface area contributed by atoms with Gasteiger partial charge in [0.15, 0.2) is 6.61 Å². The first kappa shape index (κ1) is 24.2. The van der Waals surface area contributed by atoms with Gasteiger partial charge in [-0.15, -0.1) is 0 Å². The predicted octanol–water partition coefficient (Wildman–Crippen LogP) is 5.03. The third-order valence-corrected chi connectivity index (χ3v) is 6.95. The first-order valence-electron chi connectivity index (χ1n) is 12.6. The van der Waals surface area contributed by atoms with E-state index in [1.165, 1.54) is 5.56 Å². The molecule has 1 amide bonds. The Hall–Kier alpha value is -3.51. The Labute approximate surface area is 211 Å². The molecule has 0 saturated carbocycles. The van der Waals surface area contributed by atoms with Crippen LogP contribution >= 0.6 is 0 Å². The Morgan fingerprint density at radius 3 is 2.47 bits per heavy atom. The van der Waals surface area contributed by atoms with E-state index in [0.717, 1.165) is 39.7 Å². The number of pyridine rings is 1. The fraction of sp³-hybridized carbons (Fsp3) is 0.367. The van der Waals surface area contributed by atoms with Crippen molar-refractivity contribution in [3.05, 3.63) is 76.5 Å². The highest BCUT2D eigenvalue weighted by molar-refractivity contribution is 6.07. The Kier molecular flexibility index (Phi) is 6.63. The molecule has 3 aromatic rings. The van der Waals surface area contributed by atoms with Gasteiger partial charge in [-0.25, -0.2) is 9.78 Å². The molecular formula is C30H32N2O4. The highest BCUT2D eigenvalue weighted by atomic mass is 16.5. The number of carbonyl (C=O) groups excluding carboxylic acids is 2. The standard InChI is InChI=1S/C30H32N2O4/c1-30(2,3)22-11-8-20(9-12-22)18-21-10-13-24-27(23-6-4-5-7-25(23)31-28(21)24)29(34)36-19-26(33)32-14-16-35-17-15-32/h4-9,11-12,18H,10,13-17,19H2,1-3H3. The lowest BCUT2D eigenvalue weighted by molar-refractivity contribution is -0.138. The second-order valence-corrected chi connectivity index (χ2v) is 10.4. The minimum atomic E-state index is -0.470. The SMILES string of the molecule is CC(C)(C)c1ccc(C=C2CCc3c2nc2ccccc2c3C(=O)OCC(=O)N2CCOCC2)cc1. The van der Waals surface area contributed by atoms with Gasteiger partial charge in [-0.2, -0.15) is 0 Å². The monoisotopic (exact) mass is 484 g/mol. The Morgan fingerprint density at radius 1 is 1.03 bits per heavy atom. The molecule has 0 atom stereocenters. The lowest BCUT2D eigenvalue weighted by Crippen LogP contribution is -2.42. The van der Waals surface area contributed by atoms with Gasteiger partial charge in [0.25, 0.3) is 5.91 Å². The molecular weight excluding hydrogens is 452 g/mol. The quantitative estimate of drug-likeness (QED) is 0.486. The average molecular weight is 485 g/mol. The summed E-state index contributed by atoms with van der Waals surface area (Å²) in [6.45, 7) is 8.41. The smallest absolute Gasteiger partial charge is 0.339 e. The molecule has 2 aromatic carbocycles. The number of amides is 1. The third kappa shape index (κ3) is 4.91. The molecule has 6 heteroatoms. The van der Waals surface area contributed by atoms with E-state index in [1.807, 2.05) is 24.3 Å². The number of esters is 1. The summed E-state index contributed by atoms with van der Waals surface area (Å²) >= 11 is 0. The number of rotatable bonds is 4. The summed E-state index contributed by atoms with van der Waals surface area (Å²) in [5.41, 5.74) is 6.63. The Balaban J connectivity index is 1.45. The molecule has 0 spiro atoms. The molecule has 6 nitrogen and oxygen atoms in total. The van der Waals surface area contributed by atoms with Crippen molar-refractivity contribution in [3.8, 4) is 0 Å². The number of para-hydroxylation sites is 1. The first-order chi connectivity index (χ1) is 17.3. The van der Waals surface area contributed by atoms with Crippen LogP contribution < -0.4 is 0 Å². The molecule has 0 radical (unpaired) electrons. The maximum Gasteiger partial charge on any atom is 0.339 e. The van der Waals surface area contributed by atoms with Gasteiger partial charge in [0, 0.05) is 18.5 Å². The zero-order valence-electron chi connectivity index (χ0n) is 21.2. The van der Waals surface area contributed by atoms with Crippen LogP contribution in [0.5, 0.6) is 0 Å². The van der Waals surface area contributed by atoms with Crippen molar-refractivity contribution in [1.29, 1.82) is 0 Å². The third-order valence-electron chi connectivity index (χ3n) is 6.95. The van der Waals surface area contributed by atoms with Gasteiger partial charge >= 0.3 is 5.97 Å². The molecule has 0 unspecified atom stereocenters. The summed E-state index contributed by atoms with van der Waals surface area (Å²) in [5.74, 6) is -0.664. The number of allylic oxidation sites excluding steroid dienone is 1. The molecule has 2 aliphatic rings. The molecule has 1 saturated heterocycles. The number of nitrogens with zero attached hydrogens (tertiary/aromatic N) is 2. The summed E-state index contributed by atoms with van der Waals surface area (Å²) in [5, 5.41) is 0.760. The largest absolute Gasteiger partial charge is 0.452 e. The fourth-order valence-electron chi connectivity index (χ4n) is 4.90. The minimum Gasteiger partial charge on any atom is -0.452 e. The fourth-order valence-corrected chi connectivity index (χ4v) is 4.90. The van der Waals surface area contributed by atoms with Crippen molar-refractivity contribution in [2.75, 3.05) is 32.9 Å². The van der Waals surface area contributed by atoms with Crippen molar-refractivity contribution in [3.63, 3.8) is 0 Å². The van der Waals surface area contributed by atoms with Crippen LogP contribution in [0.25, 0.3) is 22.6 Å². The van der Waals surface area contributed by atoms with E-state index in [4.69, 9.17) is 14.5 Å². The maximum absolute atomic E-state index is 13.3. The highest BCUT2D eigenvalue weighted by Gasteiger charge is 2.28. The van der Waals surface area contributed by atoms with Gasteiger partial charge in [-0.1, -0.05) is 63.2 Å². The van der Waals surface area contributed by atoms with Gasteiger partial charge in [0.2, 0.25) is 0 Å². The Bertz CT molecular complexity index is 1330. The molecule has 1 aromatic heterocycles. The molecule has 0 bridgehead atoms. The van der Waals surface area contributed by atoms with E-state index in [9.17, 15) is 9.59 Å². The van der Waals surface area contributed by atoms with Crippen LogP contribution in [0, 0.1) is 0 Å². The molecule has 36 heavy (non-hydrogen) atoms. The lowest BCUT2D eigenvalue weighted by Gasteiger charge is -2.26. The number of carbonyl (C=O) groups is 2. The lowest BCUT2D eigenvalue weighted by atomic mass is 9.86. The summed E-state index contributed by atoms with van der Waals surface area (Å²) in [6, 6.07) is 16.2. The summed E-state index contributed by atoms with van der Waals surface area (Å²) in [4.78, 5) is 32.5. The van der Waals surface area contributed by atoms with E-state index in [1.54, 1.807) is 4.90 Å². The van der Waals surface area contributed by atoms with E-state index in [-0.39, 0.29) is 17.9 Å². The van der Waals surface area contributed by atoms with E-state index < -0.39 is 5.97 Å². The molecule has 1 fully saturated rings. The predicted molar refractivity (Wildman–Crippen MR) is 141 cm³/mol. The summed E-state index contributed by atoms with van der Waals surface area (Å²) in [7, 11) is 0. The zero-order chi connectivity index (χ0) is 25.3. The Morgan fingerprint density at radius 2 is 1.75 bits per heavy atom. The van der Waals surface area contributed by atoms with Gasteiger partial charge < -0.3 is 14.4 Å². The van der Waals surface area contributed by atoms with Crippen LogP contribution in [0.3, 0.4) is 0 Å². The van der Waals surface area contributed by atoms with Crippen molar-refractivity contribution >= 4 is 34.4 Å². The van der Waals surface area contributed by atoms with Gasteiger partial charge in [0.05, 0.1) is 30.0 Å². The molecule has 1 aliphatic carbocycles. The summed E-state index contributed by atoms with van der Waals surface area (Å²) in [6.07, 6.45) is 3.67. The van der Waals surface area contributed by atoms with E-state index in [0.29, 0.717) is 38.3 Å². The second-order valence-electron chi connectivity index (χ2n) is 10.4. The number of hydrogen-bond acceptors (Lipinski definition) is 5. The van der Waals surface area contributed by atoms with Crippen molar-refractivity contribution in [2.45, 2.75) is 39.0 Å². The van der Waals surface area contributed by atoms with E-state index in [2.05, 4.69) is 51.1 Å². The highest BCUT2D eigenvalue weighted by Crippen LogP contribution is 2.38. The minimum absolute atomic E-state index is 0.102. The molecule has 186 valence electrons. The van der Waals surface area contributed by atoms with Gasteiger partial charge in [-0.3, -0.25) is 4.79 Å². The van der Waals surface area contributed by atoms with Crippen LogP contribution in [-0.4, -0.2) is 54.7 Å². The molecule has 1 aliphatic heterocycles. The number of morpholine rings is 1. The van der Waals surface area contributed by atoms with Crippen LogP contribution in [-0.2, 0) is 26.1 Å². The van der Waals surface area contributed by atoms with Gasteiger partial charge in [-0.05, 0) is 52.7 Å². The van der Waals surface area contributed by atoms with Crippen LogP contribution in [0.4, 0.5) is 0 Å². The second kappa shape index (κ2) is 9.86. The molecule has 0 N–H and O–H groups in total. The number of ether oxygens (including phenoxy) is 2. The zero-order valence-corrected chi connectivity index (χ0v) is 21.2. The molecule has 2 heterocycles. The topological polar surface area (TPSA) is 68.7 Å². The maximum atomic E-state index is 13.3.